The van der Waals surface area contributed by atoms with Crippen LogP contribution >= 0.6 is 0 Å². The third kappa shape index (κ3) is 5.97. The van der Waals surface area contributed by atoms with Crippen molar-refractivity contribution in [2.24, 2.45) is 0 Å². The van der Waals surface area contributed by atoms with Crippen LogP contribution in [0.1, 0.15) is 21.5 Å². The third-order valence-corrected chi connectivity index (χ3v) is 5.43. The molecule has 0 radical (unpaired) electrons. The van der Waals surface area contributed by atoms with Gasteiger partial charge in [0.1, 0.15) is 5.75 Å². The van der Waals surface area contributed by atoms with Crippen molar-refractivity contribution in [2.75, 3.05) is 32.8 Å². The summed E-state index contributed by atoms with van der Waals surface area (Å²) in [6.07, 6.45) is -3.63. The lowest BCUT2D eigenvalue weighted by atomic mass is 10.1. The molecular formula is C22H21F3N6O4. The lowest BCUT2D eigenvalue weighted by Gasteiger charge is -2.26. The van der Waals surface area contributed by atoms with Gasteiger partial charge in [-0.2, -0.15) is 5.26 Å². The predicted molar refractivity (Wildman–Crippen MR) is 116 cm³/mol. The number of amides is 1. The van der Waals surface area contributed by atoms with Crippen LogP contribution in [-0.2, 0) is 17.8 Å². The van der Waals surface area contributed by atoms with Gasteiger partial charge in [-0.15, -0.1) is 18.3 Å². The van der Waals surface area contributed by atoms with E-state index in [1.807, 2.05) is 0 Å². The molecule has 0 unspecified atom stereocenters. The molecule has 1 fully saturated rings. The Morgan fingerprint density at radius 3 is 2.69 bits per heavy atom. The van der Waals surface area contributed by atoms with Gasteiger partial charge in [-0.05, 0) is 24.3 Å². The van der Waals surface area contributed by atoms with Crippen LogP contribution in [-0.4, -0.2) is 64.2 Å². The predicted octanol–water partition coefficient (Wildman–Crippen LogP) is 1.53. The standard InChI is InChI=1S/C22H21F3N6O4/c23-22(24,25)35-18-11-15(12-26)1-2-16(18)13-27-20(32)17-3-4-19-28-31(21(33)30(19)14-17)6-5-29-7-9-34-10-8-29/h1-4,11,14H,5-10,13H2,(H,27,32). The molecule has 1 N–H and O–H groups in total. The average Bonchev–Trinajstić information content (AvgIpc) is 3.16. The average molecular weight is 490 g/mol. The van der Waals surface area contributed by atoms with E-state index < -0.39 is 23.7 Å². The van der Waals surface area contributed by atoms with Crippen LogP contribution in [0.3, 0.4) is 0 Å². The number of halogens is 3. The van der Waals surface area contributed by atoms with E-state index in [-0.39, 0.29) is 23.2 Å². The summed E-state index contributed by atoms with van der Waals surface area (Å²) >= 11 is 0. The second-order valence-corrected chi connectivity index (χ2v) is 7.77. The van der Waals surface area contributed by atoms with Crippen LogP contribution < -0.4 is 15.7 Å². The Labute approximate surface area is 197 Å². The summed E-state index contributed by atoms with van der Waals surface area (Å²) in [6.45, 7) is 3.57. The zero-order valence-electron chi connectivity index (χ0n) is 18.4. The first-order valence-electron chi connectivity index (χ1n) is 10.7. The molecule has 0 saturated carbocycles. The molecule has 3 aromatic rings. The maximum atomic E-state index is 12.7. The van der Waals surface area contributed by atoms with Crippen LogP contribution in [0.5, 0.6) is 5.75 Å². The van der Waals surface area contributed by atoms with Gasteiger partial charge in [-0.3, -0.25) is 9.69 Å². The monoisotopic (exact) mass is 490 g/mol. The van der Waals surface area contributed by atoms with Gasteiger partial charge in [0.25, 0.3) is 5.91 Å². The molecule has 1 aliphatic heterocycles. The number of nitriles is 1. The lowest BCUT2D eigenvalue weighted by molar-refractivity contribution is -0.274. The quantitative estimate of drug-likeness (QED) is 0.534. The van der Waals surface area contributed by atoms with Gasteiger partial charge < -0.3 is 14.8 Å². The molecule has 1 saturated heterocycles. The van der Waals surface area contributed by atoms with Crippen molar-refractivity contribution in [1.29, 1.82) is 5.26 Å². The number of fused-ring (bicyclic) bond motifs is 1. The van der Waals surface area contributed by atoms with Crippen molar-refractivity contribution in [3.63, 3.8) is 0 Å². The number of carbonyl (C=O) groups excluding carboxylic acids is 1. The maximum absolute atomic E-state index is 12.7. The molecular weight excluding hydrogens is 469 g/mol. The maximum Gasteiger partial charge on any atom is 0.573 e. The van der Waals surface area contributed by atoms with Crippen LogP contribution in [0, 0.1) is 11.3 Å². The van der Waals surface area contributed by atoms with E-state index in [4.69, 9.17) is 10.00 Å². The summed E-state index contributed by atoms with van der Waals surface area (Å²) in [7, 11) is 0. The van der Waals surface area contributed by atoms with E-state index in [9.17, 15) is 22.8 Å². The Hall–Kier alpha value is -3.89. The van der Waals surface area contributed by atoms with E-state index in [2.05, 4.69) is 20.1 Å². The number of rotatable bonds is 7. The molecule has 1 aliphatic rings. The number of ether oxygens (including phenoxy) is 2. The first kappa shape index (κ1) is 24.2. The van der Waals surface area contributed by atoms with Crippen LogP contribution in [0.25, 0.3) is 5.65 Å². The number of aromatic nitrogens is 3. The highest BCUT2D eigenvalue weighted by atomic mass is 19.4. The van der Waals surface area contributed by atoms with Crippen molar-refractivity contribution in [3.05, 3.63) is 63.7 Å². The fourth-order valence-electron chi connectivity index (χ4n) is 3.63. The van der Waals surface area contributed by atoms with Gasteiger partial charge in [-0.25, -0.2) is 13.9 Å². The number of hydrogen-bond donors (Lipinski definition) is 1. The van der Waals surface area contributed by atoms with E-state index in [1.54, 1.807) is 6.07 Å². The smallest absolute Gasteiger partial charge is 0.405 e. The van der Waals surface area contributed by atoms with Crippen molar-refractivity contribution < 1.29 is 27.4 Å². The molecule has 0 spiro atoms. The van der Waals surface area contributed by atoms with Gasteiger partial charge in [0.15, 0.2) is 5.65 Å². The van der Waals surface area contributed by atoms with E-state index in [1.165, 1.54) is 39.5 Å². The topological polar surface area (TPSA) is 114 Å². The number of alkyl halides is 3. The molecule has 0 bridgehead atoms. The minimum Gasteiger partial charge on any atom is -0.405 e. The lowest BCUT2D eigenvalue weighted by Crippen LogP contribution is -2.39. The normalized spacial score (nSPS) is 14.6. The zero-order chi connectivity index (χ0) is 25.0. The number of morpholine rings is 1. The first-order chi connectivity index (χ1) is 16.7. The van der Waals surface area contributed by atoms with Crippen LogP contribution in [0.4, 0.5) is 13.2 Å². The number of benzene rings is 1. The summed E-state index contributed by atoms with van der Waals surface area (Å²) in [4.78, 5) is 27.5. The molecule has 0 aliphatic carbocycles. The Kier molecular flexibility index (Phi) is 7.04. The second-order valence-electron chi connectivity index (χ2n) is 7.77. The van der Waals surface area contributed by atoms with E-state index >= 15 is 0 Å². The molecule has 1 aromatic carbocycles. The highest BCUT2D eigenvalue weighted by Gasteiger charge is 2.32. The van der Waals surface area contributed by atoms with Gasteiger partial charge in [0.2, 0.25) is 0 Å². The zero-order valence-corrected chi connectivity index (χ0v) is 18.4. The fourth-order valence-corrected chi connectivity index (χ4v) is 3.63. The molecule has 4 rings (SSSR count). The summed E-state index contributed by atoms with van der Waals surface area (Å²) in [5, 5.41) is 15.7. The summed E-state index contributed by atoms with van der Waals surface area (Å²) < 4.78 is 50.0. The minimum atomic E-state index is -4.96. The minimum absolute atomic E-state index is 0.0187. The third-order valence-electron chi connectivity index (χ3n) is 5.43. The van der Waals surface area contributed by atoms with E-state index in [0.29, 0.717) is 32.0 Å². The molecule has 35 heavy (non-hydrogen) atoms. The molecule has 13 heteroatoms. The van der Waals surface area contributed by atoms with Crippen molar-refractivity contribution in [2.45, 2.75) is 19.5 Å². The molecule has 3 heterocycles. The van der Waals surface area contributed by atoms with Crippen molar-refractivity contribution in [1.82, 2.24) is 24.4 Å². The fraction of sp³-hybridized carbons (Fsp3) is 0.364. The van der Waals surface area contributed by atoms with Crippen molar-refractivity contribution in [3.8, 4) is 11.8 Å². The number of nitrogens with one attached hydrogen (secondary N) is 1. The highest BCUT2D eigenvalue weighted by molar-refractivity contribution is 5.94. The van der Waals surface area contributed by atoms with Gasteiger partial charge in [-0.1, -0.05) is 6.07 Å². The number of nitrogens with zero attached hydrogens (tertiary/aromatic N) is 5. The molecule has 0 atom stereocenters. The molecule has 1 amide bonds. The molecule has 2 aromatic heterocycles. The second kappa shape index (κ2) is 10.2. The number of carbonyl (C=O) groups is 1. The van der Waals surface area contributed by atoms with Gasteiger partial charge in [0, 0.05) is 37.9 Å². The summed E-state index contributed by atoms with van der Waals surface area (Å²) in [5.41, 5.74) is 0.0928. The van der Waals surface area contributed by atoms with Gasteiger partial charge in [0.05, 0.1) is 37.0 Å². The number of hydrogen-bond acceptors (Lipinski definition) is 7. The van der Waals surface area contributed by atoms with Crippen LogP contribution in [0.15, 0.2) is 41.3 Å². The van der Waals surface area contributed by atoms with Crippen molar-refractivity contribution >= 4 is 11.6 Å². The largest absolute Gasteiger partial charge is 0.573 e. The number of pyridine rings is 1. The summed E-state index contributed by atoms with van der Waals surface area (Å²) in [5.74, 6) is -1.19. The van der Waals surface area contributed by atoms with E-state index in [0.717, 1.165) is 19.2 Å². The van der Waals surface area contributed by atoms with Crippen LogP contribution in [0.2, 0.25) is 0 Å². The summed E-state index contributed by atoms with van der Waals surface area (Å²) in [6, 6.07) is 8.26. The Balaban J connectivity index is 1.46. The Morgan fingerprint density at radius 1 is 1.20 bits per heavy atom. The Morgan fingerprint density at radius 2 is 1.97 bits per heavy atom. The van der Waals surface area contributed by atoms with Gasteiger partial charge >= 0.3 is 12.1 Å². The molecule has 10 nitrogen and oxygen atoms in total. The molecule has 184 valence electrons. The Bertz CT molecular complexity index is 1320. The highest BCUT2D eigenvalue weighted by Crippen LogP contribution is 2.27. The SMILES string of the molecule is N#Cc1ccc(CNC(=O)c2ccc3nn(CCN4CCOCC4)c(=O)n3c2)c(OC(F)(F)F)c1. The first-order valence-corrected chi connectivity index (χ1v) is 10.7.